The van der Waals surface area contributed by atoms with Crippen molar-refractivity contribution in [2.24, 2.45) is 16.3 Å². The first-order valence-electron chi connectivity index (χ1n) is 20.4. The van der Waals surface area contributed by atoms with Gasteiger partial charge in [0.2, 0.25) is 5.60 Å². The molecule has 9 rings (SSSR count). The lowest BCUT2D eigenvalue weighted by molar-refractivity contribution is -0.228. The third-order valence-corrected chi connectivity index (χ3v) is 14.9. The van der Waals surface area contributed by atoms with Gasteiger partial charge in [-0.3, -0.25) is 24.4 Å². The zero-order chi connectivity index (χ0) is 40.2. The number of hydrogen-bond donors (Lipinski definition) is 1. The number of carbonyl (C=O) groups excluding carboxylic acids is 3. The third kappa shape index (κ3) is 4.83. The van der Waals surface area contributed by atoms with Crippen molar-refractivity contribution in [2.75, 3.05) is 66.0 Å². The van der Waals surface area contributed by atoms with E-state index in [4.69, 9.17) is 23.9 Å². The summed E-state index contributed by atoms with van der Waals surface area (Å²) in [5, 5.41) is 15.2. The van der Waals surface area contributed by atoms with Crippen molar-refractivity contribution < 1.29 is 38.4 Å². The average molecular weight is 779 g/mol. The second-order valence-corrected chi connectivity index (χ2v) is 17.3. The fourth-order valence-electron chi connectivity index (χ4n) is 13.0. The summed E-state index contributed by atoms with van der Waals surface area (Å²) in [7, 11) is 6.22. The molecular weight excluding hydrogens is 725 g/mol. The largest absolute Gasteiger partial charge is 0.496 e. The zero-order valence-electron chi connectivity index (χ0n) is 34.0. The minimum absolute atomic E-state index is 0.0292. The minimum Gasteiger partial charge on any atom is -0.496 e. The molecule has 6 aliphatic heterocycles. The lowest BCUT2D eigenvalue weighted by atomic mass is 9.47. The van der Waals surface area contributed by atoms with E-state index in [1.54, 1.807) is 7.11 Å². The molecule has 1 aliphatic carbocycles. The van der Waals surface area contributed by atoms with E-state index in [1.807, 2.05) is 43.1 Å². The number of esters is 3. The lowest BCUT2D eigenvalue weighted by Crippen LogP contribution is -2.81. The molecule has 0 radical (unpaired) electrons. The van der Waals surface area contributed by atoms with E-state index in [1.165, 1.54) is 26.7 Å². The molecule has 57 heavy (non-hydrogen) atoms. The van der Waals surface area contributed by atoms with Crippen molar-refractivity contribution in [3.63, 3.8) is 0 Å². The Morgan fingerprint density at radius 2 is 1.77 bits per heavy atom. The summed E-state index contributed by atoms with van der Waals surface area (Å²) in [5.41, 5.74) is -0.627. The Hall–Kier alpha value is -4.52. The van der Waals surface area contributed by atoms with Crippen molar-refractivity contribution in [3.05, 3.63) is 81.9 Å². The summed E-state index contributed by atoms with van der Waals surface area (Å²) in [6.45, 7) is 9.19. The van der Waals surface area contributed by atoms with Crippen molar-refractivity contribution >= 4 is 29.2 Å². The van der Waals surface area contributed by atoms with Gasteiger partial charge in [0.25, 0.3) is 0 Å². The molecule has 12 nitrogen and oxygen atoms in total. The number of rotatable bonds is 7. The molecule has 6 heterocycles. The van der Waals surface area contributed by atoms with Crippen LogP contribution >= 0.6 is 0 Å². The number of aliphatic hydroxyl groups is 1. The minimum atomic E-state index is -2.28. The predicted molar refractivity (Wildman–Crippen MR) is 212 cm³/mol. The number of hydrogen-bond acceptors (Lipinski definition) is 12. The molecule has 10 atom stereocenters. The Kier molecular flexibility index (Phi) is 8.84. The topological polar surface area (TPSA) is 130 Å². The Bertz CT molecular complexity index is 2260. The third-order valence-electron chi connectivity index (χ3n) is 14.9. The summed E-state index contributed by atoms with van der Waals surface area (Å²) in [5.74, 6) is -1.31. The van der Waals surface area contributed by atoms with Crippen molar-refractivity contribution in [1.29, 1.82) is 0 Å². The van der Waals surface area contributed by atoms with Gasteiger partial charge in [-0.15, -0.1) is 0 Å². The number of carbonyl (C=O) groups is 3. The molecule has 1 N–H and O–H groups in total. The van der Waals surface area contributed by atoms with Crippen LogP contribution in [0.25, 0.3) is 5.57 Å². The Morgan fingerprint density at radius 1 is 1.00 bits per heavy atom. The van der Waals surface area contributed by atoms with Gasteiger partial charge in [0.05, 0.1) is 38.8 Å². The maximum atomic E-state index is 15.2. The molecule has 302 valence electrons. The van der Waals surface area contributed by atoms with Crippen LogP contribution in [0.1, 0.15) is 57.6 Å². The van der Waals surface area contributed by atoms with Gasteiger partial charge in [0, 0.05) is 79.6 Å². The summed E-state index contributed by atoms with van der Waals surface area (Å²) < 4.78 is 23.9. The fourth-order valence-corrected chi connectivity index (χ4v) is 13.0. The molecule has 0 amide bonds. The van der Waals surface area contributed by atoms with Crippen LogP contribution in [0.5, 0.6) is 5.75 Å². The van der Waals surface area contributed by atoms with Gasteiger partial charge in [-0.2, -0.15) is 0 Å². The monoisotopic (exact) mass is 778 g/mol. The first-order valence-corrected chi connectivity index (χ1v) is 20.4. The van der Waals surface area contributed by atoms with Gasteiger partial charge >= 0.3 is 17.9 Å². The number of benzene rings is 2. The quantitative estimate of drug-likeness (QED) is 0.253. The van der Waals surface area contributed by atoms with Crippen molar-refractivity contribution in [1.82, 2.24) is 9.80 Å². The van der Waals surface area contributed by atoms with E-state index >= 15 is 4.79 Å². The van der Waals surface area contributed by atoms with E-state index in [-0.39, 0.29) is 17.9 Å². The van der Waals surface area contributed by atoms with Crippen LogP contribution in [0.15, 0.2) is 65.2 Å². The molecule has 0 aromatic heterocycles. The van der Waals surface area contributed by atoms with E-state index in [0.717, 1.165) is 46.9 Å². The highest BCUT2D eigenvalue weighted by molar-refractivity contribution is 5.91. The average Bonchev–Trinajstić information content (AvgIpc) is 3.87. The van der Waals surface area contributed by atoms with Crippen LogP contribution in [-0.2, 0) is 39.4 Å². The normalized spacial score (nSPS) is 36.9. The molecular formula is C45H54N4O8. The standard InChI is InChI=1S/C45H54N4O8/c1-8-27-19-28-22-44(40(51)55-6,36-30(25-48(23-27)24-28)29-13-10-11-14-33(29)46-36)32-20-31-34(21-35(32)54-5)47(4)38-43(31)16-18-49-17-12-15-42(9-2,37(43)49)39(57-26(3)50)45(38,53)41(52)56-7/h10-15,19-21,28,36-39,53H,8-9,16-18,22-25H2,1-7H3/t28-,36+,37-,38+,39+,42+,43+,44-,45-/m0/s1. The van der Waals surface area contributed by atoms with E-state index < -0.39 is 52.0 Å². The predicted octanol–water partition coefficient (Wildman–Crippen LogP) is 2.58. The van der Waals surface area contributed by atoms with Gasteiger partial charge < -0.3 is 29.0 Å². The number of ether oxygens (including phenoxy) is 4. The molecule has 2 saturated heterocycles. The van der Waals surface area contributed by atoms with Crippen LogP contribution in [0.4, 0.5) is 5.69 Å². The van der Waals surface area contributed by atoms with Crippen molar-refractivity contribution in [3.8, 4) is 5.75 Å². The second kappa shape index (κ2) is 13.3. The first kappa shape index (κ1) is 38.0. The van der Waals surface area contributed by atoms with Gasteiger partial charge in [-0.25, -0.2) is 4.79 Å². The molecule has 1 saturated carbocycles. The number of nitrogens with zero attached hydrogens (tertiary/aromatic N) is 4. The first-order chi connectivity index (χ1) is 27.4. The molecule has 2 bridgehead atoms. The zero-order valence-corrected chi connectivity index (χ0v) is 34.0. The highest BCUT2D eigenvalue weighted by Gasteiger charge is 2.80. The number of likely N-dealkylation sites (N-methyl/N-ethyl adjacent to an activating group) is 1. The summed E-state index contributed by atoms with van der Waals surface area (Å²) in [4.78, 5) is 54.8. The van der Waals surface area contributed by atoms with Crippen LogP contribution in [0.3, 0.4) is 0 Å². The number of methoxy groups -OCH3 is 3. The van der Waals surface area contributed by atoms with Gasteiger partial charge in [0.1, 0.15) is 11.2 Å². The van der Waals surface area contributed by atoms with Crippen LogP contribution in [0, 0.1) is 11.3 Å². The maximum absolute atomic E-state index is 15.2. The smallest absolute Gasteiger partial charge is 0.344 e. The molecule has 1 unspecified atom stereocenters. The van der Waals surface area contributed by atoms with Crippen LogP contribution in [-0.4, -0.2) is 124 Å². The van der Waals surface area contributed by atoms with Gasteiger partial charge in [-0.1, -0.05) is 55.8 Å². The molecule has 3 fully saturated rings. The molecule has 2 aromatic rings. The molecule has 2 aromatic carbocycles. The van der Waals surface area contributed by atoms with E-state index in [9.17, 15) is 14.7 Å². The van der Waals surface area contributed by atoms with E-state index in [0.29, 0.717) is 50.2 Å². The Balaban J connectivity index is 1.36. The van der Waals surface area contributed by atoms with E-state index in [2.05, 4.69) is 47.1 Å². The highest BCUT2D eigenvalue weighted by Crippen LogP contribution is 2.68. The summed E-state index contributed by atoms with van der Waals surface area (Å²) in [6.07, 6.45) is 7.67. The highest BCUT2D eigenvalue weighted by atomic mass is 16.6. The summed E-state index contributed by atoms with van der Waals surface area (Å²) >= 11 is 0. The lowest BCUT2D eigenvalue weighted by Gasteiger charge is -2.63. The SMILES string of the molecule is CCC1=C[C@@H]2CN(C1)CC1=c3ccccc3=N[C@H]1[C@@](C(=O)OC)(c1cc3c(cc1OC)N(C)[C@H]1[C@@](O)(C(=O)OC)[C@H](OC(C)=O)[C@]4(CC)C=CCN5CC[C@]31[C@@H]54)C2. The molecule has 1 spiro atoms. The summed E-state index contributed by atoms with van der Waals surface area (Å²) in [6, 6.07) is 10.5. The Morgan fingerprint density at radius 3 is 2.47 bits per heavy atom. The molecule has 12 heteroatoms. The van der Waals surface area contributed by atoms with Crippen molar-refractivity contribution in [2.45, 2.75) is 87.1 Å². The Labute approximate surface area is 333 Å². The van der Waals surface area contributed by atoms with Crippen LogP contribution < -0.4 is 20.2 Å². The van der Waals surface area contributed by atoms with Gasteiger partial charge in [0.15, 0.2) is 6.10 Å². The van der Waals surface area contributed by atoms with Crippen LogP contribution in [0.2, 0.25) is 0 Å². The number of anilines is 1. The fraction of sp³-hybridized carbons (Fsp3) is 0.556. The second-order valence-electron chi connectivity index (χ2n) is 17.3. The maximum Gasteiger partial charge on any atom is 0.344 e. The number of fused-ring (bicyclic) bond motifs is 5. The molecule has 7 aliphatic rings. The van der Waals surface area contributed by atoms with Gasteiger partial charge in [-0.05, 0) is 61.4 Å². The number of para-hydroxylation sites is 1.